The van der Waals surface area contributed by atoms with Crippen LogP contribution in [0.5, 0.6) is 0 Å². The summed E-state index contributed by atoms with van der Waals surface area (Å²) in [7, 11) is 2.08. The number of likely N-dealkylation sites (N-methyl/N-ethyl adjacent to an activating group) is 1. The Morgan fingerprint density at radius 1 is 1.44 bits per heavy atom. The maximum Gasteiger partial charge on any atom is 0.275 e. The third kappa shape index (κ3) is 5.32. The molecular weight excluding hydrogens is 112 g/mol. The zero-order valence-corrected chi connectivity index (χ0v) is 6.30. The van der Waals surface area contributed by atoms with Crippen LogP contribution in [0, 0.1) is 6.57 Å². The number of hydrogen-bond donors (Lipinski definition) is 0. The molecule has 0 N–H and O–H groups in total. The second-order valence-electron chi connectivity index (χ2n) is 2.21. The van der Waals surface area contributed by atoms with Crippen molar-refractivity contribution in [2.75, 3.05) is 26.7 Å². The lowest BCUT2D eigenvalue weighted by molar-refractivity contribution is 0.350. The van der Waals surface area contributed by atoms with Crippen molar-refractivity contribution in [3.05, 3.63) is 4.85 Å². The highest BCUT2D eigenvalue weighted by Crippen LogP contribution is 1.84. The third-order valence-electron chi connectivity index (χ3n) is 1.22. The van der Waals surface area contributed by atoms with E-state index in [-0.39, 0.29) is 0 Å². The van der Waals surface area contributed by atoms with E-state index in [2.05, 4.69) is 23.7 Å². The van der Waals surface area contributed by atoms with Crippen LogP contribution in [0.2, 0.25) is 0 Å². The van der Waals surface area contributed by atoms with Gasteiger partial charge in [-0.15, -0.1) is 0 Å². The Hall–Kier alpha value is -0.550. The van der Waals surface area contributed by atoms with Gasteiger partial charge in [-0.25, -0.2) is 0 Å². The van der Waals surface area contributed by atoms with Crippen molar-refractivity contribution in [1.29, 1.82) is 0 Å². The summed E-state index contributed by atoms with van der Waals surface area (Å²) in [6, 6.07) is 0. The van der Waals surface area contributed by atoms with Crippen LogP contribution < -0.4 is 0 Å². The van der Waals surface area contributed by atoms with Gasteiger partial charge in [-0.1, -0.05) is 11.8 Å². The molecule has 0 saturated carbocycles. The quantitative estimate of drug-likeness (QED) is 0.552. The molecule has 9 heavy (non-hydrogen) atoms. The van der Waals surface area contributed by atoms with E-state index in [4.69, 9.17) is 6.57 Å². The van der Waals surface area contributed by atoms with Crippen LogP contribution in [0.1, 0.15) is 13.3 Å². The lowest BCUT2D eigenvalue weighted by Gasteiger charge is -2.09. The molecule has 0 radical (unpaired) electrons. The molecule has 0 rings (SSSR count). The molecule has 0 aromatic rings. The molecule has 0 aliphatic heterocycles. The molecule has 0 aromatic carbocycles. The first-order chi connectivity index (χ1) is 4.31. The Bertz CT molecular complexity index is 93.6. The van der Waals surface area contributed by atoms with Gasteiger partial charge in [0, 0.05) is 0 Å². The van der Waals surface area contributed by atoms with Crippen molar-refractivity contribution < 1.29 is 0 Å². The summed E-state index contributed by atoms with van der Waals surface area (Å²) in [5.74, 6) is 0. The molecule has 0 saturated heterocycles. The van der Waals surface area contributed by atoms with E-state index >= 15 is 0 Å². The van der Waals surface area contributed by atoms with Crippen molar-refractivity contribution in [2.45, 2.75) is 13.3 Å². The molecule has 0 bridgehead atoms. The van der Waals surface area contributed by atoms with Crippen LogP contribution in [0.3, 0.4) is 0 Å². The molecular formula is C7H15N2+. The smallest absolute Gasteiger partial charge is 0.275 e. The van der Waals surface area contributed by atoms with E-state index in [1.165, 1.54) is 6.42 Å². The molecule has 2 nitrogen and oxygen atoms in total. The van der Waals surface area contributed by atoms with Crippen molar-refractivity contribution in [1.82, 2.24) is 4.90 Å². The molecule has 0 aliphatic rings. The van der Waals surface area contributed by atoms with Crippen LogP contribution in [0.15, 0.2) is 0 Å². The lowest BCUT2D eigenvalue weighted by Crippen LogP contribution is -2.21. The lowest BCUT2D eigenvalue weighted by atomic mass is 10.4. The highest BCUT2D eigenvalue weighted by molar-refractivity contribution is 4.67. The highest BCUT2D eigenvalue weighted by atomic mass is 15.1. The van der Waals surface area contributed by atoms with Gasteiger partial charge < -0.3 is 0 Å². The van der Waals surface area contributed by atoms with Gasteiger partial charge in [0.2, 0.25) is 0 Å². The number of rotatable bonds is 4. The molecule has 0 amide bonds. The number of hydrogen-bond acceptors (Lipinski definition) is 1. The zero-order valence-electron chi connectivity index (χ0n) is 6.30. The fourth-order valence-corrected chi connectivity index (χ4v) is 0.722. The summed E-state index contributed by atoms with van der Waals surface area (Å²) < 4.78 is 0. The van der Waals surface area contributed by atoms with Gasteiger partial charge in [0.25, 0.3) is 13.1 Å². The standard InChI is InChI=1S/C7H15N2/c1-4-6-9(3)7-5-8-2/h2H,4-7H2,1,3H3/q+1. The van der Waals surface area contributed by atoms with Crippen molar-refractivity contribution in [3.63, 3.8) is 0 Å². The molecule has 52 valence electrons. The Kier molecular flexibility index (Phi) is 5.24. The molecule has 0 fully saturated rings. The Morgan fingerprint density at radius 2 is 2.11 bits per heavy atom. The van der Waals surface area contributed by atoms with Gasteiger partial charge in [-0.05, 0) is 20.0 Å². The molecule has 0 atom stereocenters. The van der Waals surface area contributed by atoms with Gasteiger partial charge in [-0.3, -0.25) is 4.90 Å². The Morgan fingerprint density at radius 3 is 2.56 bits per heavy atom. The van der Waals surface area contributed by atoms with Gasteiger partial charge in [-0.2, -0.15) is 0 Å². The number of nitrogens with zero attached hydrogens (tertiary/aromatic N) is 2. The first-order valence-electron chi connectivity index (χ1n) is 3.36. The largest absolute Gasteiger partial charge is 0.299 e. The average Bonchev–Trinajstić information content (AvgIpc) is 1.85. The van der Waals surface area contributed by atoms with Gasteiger partial charge in [0.05, 0.1) is 6.54 Å². The van der Waals surface area contributed by atoms with Crippen molar-refractivity contribution in [2.24, 2.45) is 0 Å². The predicted octanol–water partition coefficient (Wildman–Crippen LogP) is 1.29. The topological polar surface area (TPSA) is 7.60 Å². The second-order valence-corrected chi connectivity index (χ2v) is 2.21. The van der Waals surface area contributed by atoms with Crippen molar-refractivity contribution >= 4 is 0 Å². The fourth-order valence-electron chi connectivity index (χ4n) is 0.722. The SMILES string of the molecule is C#[N+]CCN(C)CCC. The summed E-state index contributed by atoms with van der Waals surface area (Å²) in [6.45, 7) is 9.99. The van der Waals surface area contributed by atoms with Gasteiger partial charge in [0.1, 0.15) is 0 Å². The fraction of sp³-hybridized carbons (Fsp3) is 0.857. The molecule has 0 heterocycles. The maximum atomic E-state index is 4.97. The minimum Gasteiger partial charge on any atom is -0.299 e. The summed E-state index contributed by atoms with van der Waals surface area (Å²) in [6.07, 6.45) is 1.20. The third-order valence-corrected chi connectivity index (χ3v) is 1.22. The predicted molar refractivity (Wildman–Crippen MR) is 41.0 cm³/mol. The summed E-state index contributed by atoms with van der Waals surface area (Å²) in [5.41, 5.74) is 0. The minimum absolute atomic E-state index is 0.747. The molecule has 0 unspecified atom stereocenters. The van der Waals surface area contributed by atoms with E-state index in [1.54, 1.807) is 0 Å². The second kappa shape index (κ2) is 5.58. The molecule has 2 heteroatoms. The summed E-state index contributed by atoms with van der Waals surface area (Å²) in [4.78, 5) is 5.73. The van der Waals surface area contributed by atoms with Crippen molar-refractivity contribution in [3.8, 4) is 6.57 Å². The zero-order chi connectivity index (χ0) is 7.11. The first kappa shape index (κ1) is 8.45. The van der Waals surface area contributed by atoms with Crippen LogP contribution >= 0.6 is 0 Å². The van der Waals surface area contributed by atoms with Crippen LogP contribution in [0.25, 0.3) is 4.85 Å². The molecule has 0 aromatic heterocycles. The summed E-state index contributed by atoms with van der Waals surface area (Å²) >= 11 is 0. The maximum absolute atomic E-state index is 4.97. The molecule has 0 aliphatic carbocycles. The minimum atomic E-state index is 0.747. The van der Waals surface area contributed by atoms with Crippen LogP contribution in [0.4, 0.5) is 0 Å². The van der Waals surface area contributed by atoms with E-state index in [0.717, 1.165) is 19.6 Å². The van der Waals surface area contributed by atoms with E-state index < -0.39 is 0 Å². The highest BCUT2D eigenvalue weighted by Gasteiger charge is 1.97. The van der Waals surface area contributed by atoms with Crippen LogP contribution in [-0.4, -0.2) is 31.6 Å². The van der Waals surface area contributed by atoms with Crippen LogP contribution in [-0.2, 0) is 0 Å². The van der Waals surface area contributed by atoms with Gasteiger partial charge >= 0.3 is 0 Å². The Labute approximate surface area is 57.3 Å². The van der Waals surface area contributed by atoms with E-state index in [9.17, 15) is 0 Å². The van der Waals surface area contributed by atoms with E-state index in [1.807, 2.05) is 0 Å². The first-order valence-corrected chi connectivity index (χ1v) is 3.36. The van der Waals surface area contributed by atoms with Gasteiger partial charge in [0.15, 0.2) is 0 Å². The monoisotopic (exact) mass is 127 g/mol. The van der Waals surface area contributed by atoms with E-state index in [0.29, 0.717) is 0 Å². The summed E-state index contributed by atoms with van der Waals surface area (Å²) in [5, 5.41) is 0. The normalized spacial score (nSPS) is 9.56. The molecule has 0 spiro atoms. The average molecular weight is 127 g/mol. The Balaban J connectivity index is 3.07.